The number of carbonyl (C=O) groups excluding carboxylic acids is 4. The van der Waals surface area contributed by atoms with Crippen LogP contribution in [0.4, 0.5) is 5.00 Å². The predicted molar refractivity (Wildman–Crippen MR) is 141 cm³/mol. The van der Waals surface area contributed by atoms with Crippen molar-refractivity contribution in [1.29, 1.82) is 0 Å². The van der Waals surface area contributed by atoms with E-state index in [4.69, 9.17) is 19.9 Å². The van der Waals surface area contributed by atoms with Gasteiger partial charge >= 0.3 is 17.9 Å². The molecule has 1 aromatic heterocycles. The zero-order valence-electron chi connectivity index (χ0n) is 21.3. The molecule has 1 heterocycles. The zero-order valence-corrected chi connectivity index (χ0v) is 22.9. The van der Waals surface area contributed by atoms with E-state index < -0.39 is 36.5 Å². The number of methoxy groups -OCH3 is 2. The smallest absolute Gasteiger partial charge is 0.348 e. The van der Waals surface area contributed by atoms with E-state index in [1.807, 2.05) is 18.4 Å². The van der Waals surface area contributed by atoms with E-state index >= 15 is 0 Å². The molecule has 196 valence electrons. The summed E-state index contributed by atoms with van der Waals surface area (Å²) in [5.74, 6) is -2.02. The molecule has 2 rings (SSSR count). The molecule has 0 bridgehead atoms. The fraction of sp³-hybridized carbons (Fsp3) is 0.440. The van der Waals surface area contributed by atoms with E-state index in [9.17, 15) is 19.2 Å². The van der Waals surface area contributed by atoms with Gasteiger partial charge in [0.15, 0.2) is 0 Å². The standard InChI is InChI=1S/C25H32N2O7S2/c1-25(2,3)15-9-7-14(8-10-15)21(28)27-17(11-12-35-6)22(29)34-13-16-18(23(30)32-4)20(26)36-19(16)24(31)33-5/h7-10,17H,11-13,26H2,1-6H3,(H,27,28)/t17-/m1/s1. The van der Waals surface area contributed by atoms with Crippen molar-refractivity contribution in [2.24, 2.45) is 0 Å². The lowest BCUT2D eigenvalue weighted by molar-refractivity contribution is -0.147. The number of nitrogens with one attached hydrogen (secondary N) is 1. The summed E-state index contributed by atoms with van der Waals surface area (Å²) >= 11 is 2.36. The Morgan fingerprint density at radius 3 is 2.19 bits per heavy atom. The number of thiophene rings is 1. The minimum atomic E-state index is -0.939. The van der Waals surface area contributed by atoms with Crippen LogP contribution in [0.5, 0.6) is 0 Å². The normalized spacial score (nSPS) is 11.9. The monoisotopic (exact) mass is 536 g/mol. The number of anilines is 1. The number of carbonyl (C=O) groups is 4. The van der Waals surface area contributed by atoms with Crippen molar-refractivity contribution in [3.05, 3.63) is 51.4 Å². The highest BCUT2D eigenvalue weighted by molar-refractivity contribution is 7.98. The molecule has 0 radical (unpaired) electrons. The Kier molecular flexibility index (Phi) is 10.4. The Hall–Kier alpha value is -3.05. The maximum absolute atomic E-state index is 13.0. The lowest BCUT2D eigenvalue weighted by Gasteiger charge is -2.20. The van der Waals surface area contributed by atoms with Crippen LogP contribution < -0.4 is 11.1 Å². The number of nitrogen functional groups attached to an aromatic ring is 1. The second-order valence-corrected chi connectivity index (χ2v) is 10.9. The molecule has 2 aromatic rings. The third-order valence-electron chi connectivity index (χ3n) is 5.37. The van der Waals surface area contributed by atoms with E-state index in [0.29, 0.717) is 17.7 Å². The van der Waals surface area contributed by atoms with Gasteiger partial charge in [-0.25, -0.2) is 14.4 Å². The average molecular weight is 537 g/mol. The Balaban J connectivity index is 2.22. The summed E-state index contributed by atoms with van der Waals surface area (Å²) in [6.45, 7) is 5.81. The topological polar surface area (TPSA) is 134 Å². The van der Waals surface area contributed by atoms with Crippen molar-refractivity contribution in [1.82, 2.24) is 5.32 Å². The minimum Gasteiger partial charge on any atom is -0.465 e. The van der Waals surface area contributed by atoms with Crippen LogP contribution >= 0.6 is 23.1 Å². The molecule has 0 saturated heterocycles. The molecule has 0 unspecified atom stereocenters. The second-order valence-electron chi connectivity index (χ2n) is 8.87. The number of amides is 1. The first-order chi connectivity index (χ1) is 16.9. The Morgan fingerprint density at radius 1 is 1.06 bits per heavy atom. The molecule has 1 aromatic carbocycles. The molecule has 11 heteroatoms. The molecule has 0 aliphatic rings. The molecule has 1 amide bonds. The van der Waals surface area contributed by atoms with Crippen LogP contribution in [0.25, 0.3) is 0 Å². The summed E-state index contributed by atoms with van der Waals surface area (Å²) < 4.78 is 15.0. The highest BCUT2D eigenvalue weighted by Crippen LogP contribution is 2.33. The van der Waals surface area contributed by atoms with Crippen molar-refractivity contribution >= 4 is 51.9 Å². The van der Waals surface area contributed by atoms with Gasteiger partial charge in [0.1, 0.15) is 28.1 Å². The SMILES string of the molecule is COC(=O)c1sc(N)c(C(=O)OC)c1COC(=O)[C@@H](CCSC)NC(=O)c1ccc(C(C)(C)C)cc1. The van der Waals surface area contributed by atoms with Crippen LogP contribution in [0.3, 0.4) is 0 Å². The number of ether oxygens (including phenoxy) is 3. The van der Waals surface area contributed by atoms with Gasteiger partial charge in [-0.05, 0) is 41.5 Å². The lowest BCUT2D eigenvalue weighted by Crippen LogP contribution is -2.42. The van der Waals surface area contributed by atoms with Gasteiger partial charge in [0.25, 0.3) is 5.91 Å². The highest BCUT2D eigenvalue weighted by Gasteiger charge is 2.30. The fourth-order valence-corrected chi connectivity index (χ4v) is 4.75. The van der Waals surface area contributed by atoms with E-state index in [0.717, 1.165) is 16.9 Å². The number of thioether (sulfide) groups is 1. The summed E-state index contributed by atoms with van der Waals surface area (Å²) in [6.07, 6.45) is 2.21. The minimum absolute atomic E-state index is 0.0341. The second kappa shape index (κ2) is 12.8. The number of hydrogen-bond donors (Lipinski definition) is 2. The molecule has 1 atom stereocenters. The largest absolute Gasteiger partial charge is 0.465 e. The van der Waals surface area contributed by atoms with Gasteiger partial charge in [-0.15, -0.1) is 11.3 Å². The lowest BCUT2D eigenvalue weighted by atomic mass is 9.86. The zero-order chi connectivity index (χ0) is 27.0. The fourth-order valence-electron chi connectivity index (χ4n) is 3.30. The van der Waals surface area contributed by atoms with Crippen molar-refractivity contribution < 1.29 is 33.4 Å². The predicted octanol–water partition coefficient (Wildman–Crippen LogP) is 3.80. The van der Waals surface area contributed by atoms with Gasteiger partial charge < -0.3 is 25.3 Å². The van der Waals surface area contributed by atoms with E-state index in [1.54, 1.807) is 12.1 Å². The van der Waals surface area contributed by atoms with Gasteiger partial charge in [-0.1, -0.05) is 32.9 Å². The summed E-state index contributed by atoms with van der Waals surface area (Å²) in [6, 6.07) is 6.26. The van der Waals surface area contributed by atoms with Crippen LogP contribution in [0.15, 0.2) is 24.3 Å². The Morgan fingerprint density at radius 2 is 1.67 bits per heavy atom. The maximum atomic E-state index is 13.0. The molecular formula is C25H32N2O7S2. The first-order valence-electron chi connectivity index (χ1n) is 11.1. The molecule has 0 aliphatic carbocycles. The van der Waals surface area contributed by atoms with E-state index in [-0.39, 0.29) is 26.4 Å². The summed E-state index contributed by atoms with van der Waals surface area (Å²) in [4.78, 5) is 50.3. The van der Waals surface area contributed by atoms with Gasteiger partial charge in [-0.2, -0.15) is 11.8 Å². The molecular weight excluding hydrogens is 504 g/mol. The Labute approximate surface area is 219 Å². The van der Waals surface area contributed by atoms with Crippen LogP contribution in [-0.2, 0) is 31.0 Å². The van der Waals surface area contributed by atoms with Gasteiger partial charge in [0, 0.05) is 11.1 Å². The van der Waals surface area contributed by atoms with Crippen molar-refractivity contribution in [3.63, 3.8) is 0 Å². The first kappa shape index (κ1) is 29.2. The number of nitrogens with two attached hydrogens (primary N) is 1. The van der Waals surface area contributed by atoms with Gasteiger partial charge in [-0.3, -0.25) is 4.79 Å². The van der Waals surface area contributed by atoms with Crippen LogP contribution in [0.2, 0.25) is 0 Å². The molecule has 9 nitrogen and oxygen atoms in total. The molecule has 0 fully saturated rings. The number of esters is 3. The molecule has 0 aliphatic heterocycles. The van der Waals surface area contributed by atoms with Crippen LogP contribution in [0.1, 0.15) is 68.7 Å². The quantitative estimate of drug-likeness (QED) is 0.343. The van der Waals surface area contributed by atoms with Crippen molar-refractivity contribution in [2.75, 3.05) is 32.0 Å². The number of hydrogen-bond acceptors (Lipinski definition) is 10. The molecule has 0 spiro atoms. The maximum Gasteiger partial charge on any atom is 0.348 e. The van der Waals surface area contributed by atoms with E-state index in [1.165, 1.54) is 26.0 Å². The van der Waals surface area contributed by atoms with Crippen molar-refractivity contribution in [2.45, 2.75) is 45.3 Å². The van der Waals surface area contributed by atoms with Crippen LogP contribution in [0, 0.1) is 0 Å². The van der Waals surface area contributed by atoms with Gasteiger partial charge in [0.05, 0.1) is 14.2 Å². The summed E-state index contributed by atoms with van der Waals surface area (Å²) in [7, 11) is 2.36. The average Bonchev–Trinajstić information content (AvgIpc) is 3.19. The van der Waals surface area contributed by atoms with Crippen molar-refractivity contribution in [3.8, 4) is 0 Å². The first-order valence-corrected chi connectivity index (χ1v) is 13.3. The summed E-state index contributed by atoms with van der Waals surface area (Å²) in [5.41, 5.74) is 7.39. The van der Waals surface area contributed by atoms with E-state index in [2.05, 4.69) is 26.1 Å². The Bertz CT molecular complexity index is 1100. The number of rotatable bonds is 10. The van der Waals surface area contributed by atoms with Gasteiger partial charge in [0.2, 0.25) is 0 Å². The summed E-state index contributed by atoms with van der Waals surface area (Å²) in [5, 5.41) is 2.77. The third kappa shape index (κ3) is 7.23. The molecule has 36 heavy (non-hydrogen) atoms. The number of benzene rings is 1. The van der Waals surface area contributed by atoms with Crippen LogP contribution in [-0.4, -0.2) is 56.1 Å². The highest BCUT2D eigenvalue weighted by atomic mass is 32.2. The molecule has 3 N–H and O–H groups in total. The molecule has 0 saturated carbocycles. The third-order valence-corrected chi connectivity index (χ3v) is 7.05.